The SMILES string of the molecule is C[C@H]1[C@@H](NC(=O)COC(=O)C2CCN(c3ccccc3[N+](=O)[O-])CC2)CCC[C@@H]1C. The fourth-order valence-electron chi connectivity index (χ4n) is 4.53. The molecule has 0 aromatic heterocycles. The first-order valence-corrected chi connectivity index (χ1v) is 10.8. The van der Waals surface area contributed by atoms with Gasteiger partial charge in [0, 0.05) is 25.2 Å². The van der Waals surface area contributed by atoms with Crippen LogP contribution in [0.15, 0.2) is 24.3 Å². The molecule has 0 bridgehead atoms. The number of esters is 1. The molecule has 1 aromatic rings. The van der Waals surface area contributed by atoms with E-state index >= 15 is 0 Å². The average molecular weight is 418 g/mol. The molecule has 30 heavy (non-hydrogen) atoms. The minimum absolute atomic E-state index is 0.0708. The number of anilines is 1. The molecule has 1 heterocycles. The lowest BCUT2D eigenvalue weighted by molar-refractivity contribution is -0.384. The molecule has 1 aliphatic carbocycles. The van der Waals surface area contributed by atoms with Crippen LogP contribution in [0.3, 0.4) is 0 Å². The Morgan fingerprint density at radius 3 is 2.57 bits per heavy atom. The van der Waals surface area contributed by atoms with E-state index in [1.807, 2.05) is 4.90 Å². The molecule has 0 spiro atoms. The lowest BCUT2D eigenvalue weighted by Crippen LogP contribution is -2.45. The summed E-state index contributed by atoms with van der Waals surface area (Å²) in [5.41, 5.74) is 0.644. The summed E-state index contributed by atoms with van der Waals surface area (Å²) in [6, 6.07) is 6.78. The second kappa shape index (κ2) is 9.91. The zero-order chi connectivity index (χ0) is 21.7. The fraction of sp³-hybridized carbons (Fsp3) is 0.636. The fourth-order valence-corrected chi connectivity index (χ4v) is 4.53. The van der Waals surface area contributed by atoms with E-state index in [2.05, 4.69) is 19.2 Å². The molecule has 0 unspecified atom stereocenters. The van der Waals surface area contributed by atoms with Gasteiger partial charge < -0.3 is 15.0 Å². The van der Waals surface area contributed by atoms with Gasteiger partial charge in [0.05, 0.1) is 10.8 Å². The summed E-state index contributed by atoms with van der Waals surface area (Å²) in [5.74, 6) is 0.108. The Kier molecular flexibility index (Phi) is 7.29. The number of nitrogens with zero attached hydrogens (tertiary/aromatic N) is 2. The largest absolute Gasteiger partial charge is 0.455 e. The number of nitro benzene ring substituents is 1. The highest BCUT2D eigenvalue weighted by Gasteiger charge is 2.31. The van der Waals surface area contributed by atoms with Gasteiger partial charge in [0.1, 0.15) is 5.69 Å². The maximum Gasteiger partial charge on any atom is 0.309 e. The number of para-hydroxylation sites is 2. The molecule has 0 radical (unpaired) electrons. The van der Waals surface area contributed by atoms with Crippen LogP contribution in [0.1, 0.15) is 46.0 Å². The van der Waals surface area contributed by atoms with Gasteiger partial charge >= 0.3 is 5.97 Å². The van der Waals surface area contributed by atoms with Gasteiger partial charge in [-0.1, -0.05) is 38.8 Å². The third kappa shape index (κ3) is 5.29. The van der Waals surface area contributed by atoms with Crippen LogP contribution in [0.2, 0.25) is 0 Å². The number of ether oxygens (including phenoxy) is 1. The second-order valence-electron chi connectivity index (χ2n) is 8.56. The number of benzene rings is 1. The molecule has 3 rings (SSSR count). The van der Waals surface area contributed by atoms with Crippen molar-refractivity contribution in [2.75, 3.05) is 24.6 Å². The van der Waals surface area contributed by atoms with Crippen molar-refractivity contribution in [3.05, 3.63) is 34.4 Å². The zero-order valence-corrected chi connectivity index (χ0v) is 17.7. The van der Waals surface area contributed by atoms with Crippen molar-refractivity contribution in [2.24, 2.45) is 17.8 Å². The molecule has 2 aliphatic rings. The van der Waals surface area contributed by atoms with E-state index in [1.165, 1.54) is 12.5 Å². The molecular weight excluding hydrogens is 386 g/mol. The summed E-state index contributed by atoms with van der Waals surface area (Å²) in [6.45, 7) is 5.19. The van der Waals surface area contributed by atoms with Gasteiger partial charge in [0.2, 0.25) is 0 Å². The first-order valence-electron chi connectivity index (χ1n) is 10.8. The number of amides is 1. The first-order chi connectivity index (χ1) is 14.4. The number of nitro groups is 1. The van der Waals surface area contributed by atoms with Gasteiger partial charge in [-0.05, 0) is 37.2 Å². The highest BCUT2D eigenvalue weighted by Crippen LogP contribution is 2.32. The number of carbonyl (C=O) groups excluding carboxylic acids is 2. The molecule has 1 aromatic carbocycles. The van der Waals surface area contributed by atoms with E-state index in [1.54, 1.807) is 18.2 Å². The Bertz CT molecular complexity index is 776. The highest BCUT2D eigenvalue weighted by molar-refractivity contribution is 5.81. The number of rotatable bonds is 6. The summed E-state index contributed by atoms with van der Waals surface area (Å²) in [5, 5.41) is 14.2. The Labute approximate surface area is 177 Å². The van der Waals surface area contributed by atoms with Crippen LogP contribution in [-0.2, 0) is 14.3 Å². The number of piperidine rings is 1. The third-order valence-electron chi connectivity index (χ3n) is 6.65. The summed E-state index contributed by atoms with van der Waals surface area (Å²) < 4.78 is 5.27. The lowest BCUT2D eigenvalue weighted by Gasteiger charge is -2.34. The van der Waals surface area contributed by atoms with Gasteiger partial charge in [-0.3, -0.25) is 19.7 Å². The minimum atomic E-state index is -0.387. The standard InChI is InChI=1S/C22H31N3O5/c1-15-6-5-7-18(16(15)2)23-21(26)14-30-22(27)17-10-12-24(13-11-17)19-8-3-4-9-20(19)25(28)29/h3-4,8-9,15-18H,5-7,10-14H2,1-2H3,(H,23,26)/t15-,16+,18-/m0/s1. The maximum atomic E-state index is 12.4. The predicted molar refractivity (Wildman–Crippen MR) is 113 cm³/mol. The van der Waals surface area contributed by atoms with Crippen molar-refractivity contribution in [1.29, 1.82) is 0 Å². The van der Waals surface area contributed by atoms with Gasteiger partial charge in [-0.25, -0.2) is 0 Å². The smallest absolute Gasteiger partial charge is 0.309 e. The van der Waals surface area contributed by atoms with Crippen LogP contribution in [0.4, 0.5) is 11.4 Å². The summed E-state index contributed by atoms with van der Waals surface area (Å²) in [4.78, 5) is 37.4. The summed E-state index contributed by atoms with van der Waals surface area (Å²) in [6.07, 6.45) is 4.35. The van der Waals surface area contributed by atoms with Crippen molar-refractivity contribution < 1.29 is 19.2 Å². The van der Waals surface area contributed by atoms with Crippen molar-refractivity contribution in [3.8, 4) is 0 Å². The summed E-state index contributed by atoms with van der Waals surface area (Å²) >= 11 is 0. The molecule has 1 amide bonds. The van der Waals surface area contributed by atoms with Crippen molar-refractivity contribution in [2.45, 2.75) is 52.0 Å². The Hall–Kier alpha value is -2.64. The van der Waals surface area contributed by atoms with E-state index in [9.17, 15) is 19.7 Å². The molecule has 3 atom stereocenters. The first kappa shape index (κ1) is 22.1. The zero-order valence-electron chi connectivity index (χ0n) is 17.7. The van der Waals surface area contributed by atoms with Crippen LogP contribution < -0.4 is 10.2 Å². The Morgan fingerprint density at radius 2 is 1.87 bits per heavy atom. The van der Waals surface area contributed by atoms with Crippen molar-refractivity contribution in [3.63, 3.8) is 0 Å². The van der Waals surface area contributed by atoms with Gasteiger partial charge in [-0.2, -0.15) is 0 Å². The maximum absolute atomic E-state index is 12.4. The predicted octanol–water partition coefficient (Wildman–Crippen LogP) is 3.30. The van der Waals surface area contributed by atoms with E-state index in [-0.39, 0.29) is 41.1 Å². The lowest BCUT2D eigenvalue weighted by atomic mass is 9.78. The molecule has 2 fully saturated rings. The topological polar surface area (TPSA) is 102 Å². The van der Waals surface area contributed by atoms with E-state index in [0.717, 1.165) is 12.8 Å². The van der Waals surface area contributed by atoms with Gasteiger partial charge in [0.15, 0.2) is 6.61 Å². The molecule has 1 saturated heterocycles. The normalized spacial score (nSPS) is 24.9. The summed E-state index contributed by atoms with van der Waals surface area (Å²) in [7, 11) is 0. The van der Waals surface area contributed by atoms with E-state index < -0.39 is 0 Å². The van der Waals surface area contributed by atoms with Crippen LogP contribution >= 0.6 is 0 Å². The van der Waals surface area contributed by atoms with E-state index in [4.69, 9.17) is 4.74 Å². The molecule has 1 saturated carbocycles. The monoisotopic (exact) mass is 417 g/mol. The molecule has 164 valence electrons. The number of hydrogen-bond acceptors (Lipinski definition) is 6. The van der Waals surface area contributed by atoms with Crippen molar-refractivity contribution in [1.82, 2.24) is 5.32 Å². The molecule has 8 heteroatoms. The Morgan fingerprint density at radius 1 is 1.17 bits per heavy atom. The van der Waals surface area contributed by atoms with Crippen molar-refractivity contribution >= 4 is 23.3 Å². The average Bonchev–Trinajstić information content (AvgIpc) is 2.75. The molecule has 8 nitrogen and oxygen atoms in total. The molecule has 1 aliphatic heterocycles. The van der Waals surface area contributed by atoms with Crippen LogP contribution in [0.5, 0.6) is 0 Å². The number of nitrogens with one attached hydrogen (secondary N) is 1. The number of hydrogen-bond donors (Lipinski definition) is 1. The second-order valence-corrected chi connectivity index (χ2v) is 8.56. The highest BCUT2D eigenvalue weighted by atomic mass is 16.6. The molecule has 1 N–H and O–H groups in total. The minimum Gasteiger partial charge on any atom is -0.455 e. The number of carbonyl (C=O) groups is 2. The van der Waals surface area contributed by atoms with Crippen LogP contribution in [0, 0.1) is 27.9 Å². The third-order valence-corrected chi connectivity index (χ3v) is 6.65. The molecular formula is C22H31N3O5. The van der Waals surface area contributed by atoms with Gasteiger partial charge in [-0.15, -0.1) is 0 Å². The van der Waals surface area contributed by atoms with E-state index in [0.29, 0.717) is 43.5 Å². The van der Waals surface area contributed by atoms with Crippen LogP contribution in [-0.4, -0.2) is 42.5 Å². The Balaban J connectivity index is 1.44. The van der Waals surface area contributed by atoms with Crippen LogP contribution in [0.25, 0.3) is 0 Å². The van der Waals surface area contributed by atoms with Gasteiger partial charge in [0.25, 0.3) is 11.6 Å². The quantitative estimate of drug-likeness (QED) is 0.433.